The third kappa shape index (κ3) is 3.94. The number of nitrogens with zero attached hydrogens (tertiary/aromatic N) is 6. The molecule has 0 saturated carbocycles. The average molecular weight is 394 g/mol. The first-order valence-corrected chi connectivity index (χ1v) is 9.64. The number of hydrogen-bond acceptors (Lipinski definition) is 5. The molecule has 8 heteroatoms. The van der Waals surface area contributed by atoms with E-state index in [0.717, 1.165) is 47.3 Å². The SMILES string of the molecule is CCCCc1nc(Cl)nn1Cc1ccc(-c2ccccc2-c2nnn[nH]2)cc1. The molecule has 0 amide bonds. The van der Waals surface area contributed by atoms with Crippen LogP contribution in [0.3, 0.4) is 0 Å². The maximum absolute atomic E-state index is 6.02. The van der Waals surface area contributed by atoms with E-state index in [9.17, 15) is 0 Å². The molecule has 0 bridgehead atoms. The molecule has 0 spiro atoms. The number of nitrogens with one attached hydrogen (secondary N) is 1. The van der Waals surface area contributed by atoms with Crippen LogP contribution >= 0.6 is 11.6 Å². The summed E-state index contributed by atoms with van der Waals surface area (Å²) in [5.74, 6) is 1.58. The van der Waals surface area contributed by atoms with Crippen LogP contribution in [-0.2, 0) is 13.0 Å². The monoisotopic (exact) mass is 393 g/mol. The van der Waals surface area contributed by atoms with Gasteiger partial charge in [0.25, 0.3) is 0 Å². The highest BCUT2D eigenvalue weighted by Crippen LogP contribution is 2.29. The van der Waals surface area contributed by atoms with Crippen LogP contribution in [-0.4, -0.2) is 35.4 Å². The Bertz CT molecular complexity index is 1040. The van der Waals surface area contributed by atoms with E-state index in [4.69, 9.17) is 11.6 Å². The van der Waals surface area contributed by atoms with E-state index in [1.54, 1.807) is 0 Å². The topological polar surface area (TPSA) is 85.2 Å². The van der Waals surface area contributed by atoms with Gasteiger partial charge in [0.05, 0.1) is 6.54 Å². The molecule has 28 heavy (non-hydrogen) atoms. The first kappa shape index (κ1) is 18.3. The van der Waals surface area contributed by atoms with Gasteiger partial charge in [0.15, 0.2) is 5.82 Å². The number of rotatable bonds is 7. The Hall–Kier alpha value is -3.06. The lowest BCUT2D eigenvalue weighted by Crippen LogP contribution is -2.07. The molecule has 0 atom stereocenters. The molecule has 0 fully saturated rings. The molecule has 1 N–H and O–H groups in total. The standard InChI is InChI=1S/C20H20ClN7/c1-2-3-8-18-22-20(21)25-28(18)13-14-9-11-15(12-10-14)16-6-4-5-7-17(16)19-23-26-27-24-19/h4-7,9-12H,2-3,8,13H2,1H3,(H,23,24,26,27). The van der Waals surface area contributed by atoms with Crippen LogP contribution in [0.2, 0.25) is 5.28 Å². The van der Waals surface area contributed by atoms with Crippen molar-refractivity contribution in [3.8, 4) is 22.5 Å². The van der Waals surface area contributed by atoms with Gasteiger partial charge in [0.1, 0.15) is 5.82 Å². The lowest BCUT2D eigenvalue weighted by atomic mass is 9.98. The van der Waals surface area contributed by atoms with Crippen molar-refractivity contribution in [3.05, 3.63) is 65.2 Å². The van der Waals surface area contributed by atoms with Gasteiger partial charge in [-0.05, 0) is 45.1 Å². The summed E-state index contributed by atoms with van der Waals surface area (Å²) in [6.07, 6.45) is 3.06. The van der Waals surface area contributed by atoms with Crippen LogP contribution in [0, 0.1) is 0 Å². The van der Waals surface area contributed by atoms with E-state index in [2.05, 4.69) is 68.0 Å². The van der Waals surface area contributed by atoms with E-state index in [-0.39, 0.29) is 0 Å². The second kappa shape index (κ2) is 8.31. The van der Waals surface area contributed by atoms with Crippen molar-refractivity contribution < 1.29 is 0 Å². The van der Waals surface area contributed by atoms with Gasteiger partial charge in [-0.1, -0.05) is 61.9 Å². The van der Waals surface area contributed by atoms with Gasteiger partial charge in [-0.2, -0.15) is 0 Å². The predicted molar refractivity (Wildman–Crippen MR) is 108 cm³/mol. The summed E-state index contributed by atoms with van der Waals surface area (Å²) in [5.41, 5.74) is 4.27. The zero-order valence-corrected chi connectivity index (χ0v) is 16.3. The Morgan fingerprint density at radius 3 is 2.54 bits per heavy atom. The highest BCUT2D eigenvalue weighted by Gasteiger charge is 2.11. The van der Waals surface area contributed by atoms with E-state index >= 15 is 0 Å². The molecule has 0 aliphatic heterocycles. The molecule has 0 aliphatic carbocycles. The number of aromatic nitrogens is 7. The Morgan fingerprint density at radius 1 is 1.04 bits per heavy atom. The number of tetrazole rings is 1. The fourth-order valence-electron chi connectivity index (χ4n) is 3.17. The third-order valence-corrected chi connectivity index (χ3v) is 4.76. The summed E-state index contributed by atoms with van der Waals surface area (Å²) < 4.78 is 1.89. The van der Waals surface area contributed by atoms with Crippen molar-refractivity contribution >= 4 is 11.6 Å². The van der Waals surface area contributed by atoms with Crippen molar-refractivity contribution in [2.75, 3.05) is 0 Å². The zero-order valence-electron chi connectivity index (χ0n) is 15.5. The summed E-state index contributed by atoms with van der Waals surface area (Å²) in [6.45, 7) is 2.81. The molecular weight excluding hydrogens is 374 g/mol. The number of H-pyrrole nitrogens is 1. The zero-order chi connectivity index (χ0) is 19.3. The fraction of sp³-hybridized carbons (Fsp3) is 0.250. The lowest BCUT2D eigenvalue weighted by Gasteiger charge is -2.09. The number of unbranched alkanes of at least 4 members (excludes halogenated alkanes) is 1. The quantitative estimate of drug-likeness (QED) is 0.509. The molecule has 0 radical (unpaired) electrons. The van der Waals surface area contributed by atoms with Crippen molar-refractivity contribution in [1.29, 1.82) is 0 Å². The smallest absolute Gasteiger partial charge is 0.242 e. The van der Waals surface area contributed by atoms with Crippen LogP contribution in [0.5, 0.6) is 0 Å². The minimum absolute atomic E-state index is 0.303. The molecule has 4 aromatic rings. The fourth-order valence-corrected chi connectivity index (χ4v) is 3.36. The molecule has 2 aromatic heterocycles. The predicted octanol–water partition coefficient (Wildman–Crippen LogP) is 4.17. The molecule has 142 valence electrons. The van der Waals surface area contributed by atoms with Crippen LogP contribution < -0.4 is 0 Å². The highest BCUT2D eigenvalue weighted by molar-refractivity contribution is 6.28. The highest BCUT2D eigenvalue weighted by atomic mass is 35.5. The molecule has 4 rings (SSSR count). The van der Waals surface area contributed by atoms with E-state index in [1.165, 1.54) is 0 Å². The molecule has 0 aliphatic rings. The molecular formula is C20H20ClN7. The van der Waals surface area contributed by atoms with Gasteiger partial charge < -0.3 is 0 Å². The second-order valence-corrected chi connectivity index (χ2v) is 6.89. The van der Waals surface area contributed by atoms with Crippen LogP contribution in [0.25, 0.3) is 22.5 Å². The Morgan fingerprint density at radius 2 is 1.82 bits per heavy atom. The van der Waals surface area contributed by atoms with Crippen molar-refractivity contribution in [3.63, 3.8) is 0 Å². The first-order chi connectivity index (χ1) is 13.7. The number of benzene rings is 2. The van der Waals surface area contributed by atoms with Gasteiger partial charge in [-0.25, -0.2) is 14.8 Å². The summed E-state index contributed by atoms with van der Waals surface area (Å²) in [4.78, 5) is 4.34. The van der Waals surface area contributed by atoms with Crippen LogP contribution in [0.4, 0.5) is 0 Å². The molecule has 2 aromatic carbocycles. The van der Waals surface area contributed by atoms with Gasteiger partial charge in [-0.15, -0.1) is 10.2 Å². The summed E-state index contributed by atoms with van der Waals surface area (Å²) in [6, 6.07) is 16.4. The minimum Gasteiger partial charge on any atom is -0.244 e. The molecule has 0 saturated heterocycles. The van der Waals surface area contributed by atoms with E-state index in [1.807, 2.05) is 22.9 Å². The van der Waals surface area contributed by atoms with Gasteiger partial charge in [-0.3, -0.25) is 0 Å². The summed E-state index contributed by atoms with van der Waals surface area (Å²) in [5, 5.41) is 18.9. The largest absolute Gasteiger partial charge is 0.244 e. The maximum atomic E-state index is 6.02. The maximum Gasteiger partial charge on any atom is 0.242 e. The molecule has 0 unspecified atom stereocenters. The Labute approximate surface area is 167 Å². The minimum atomic E-state index is 0.303. The van der Waals surface area contributed by atoms with Gasteiger partial charge in [0, 0.05) is 12.0 Å². The van der Waals surface area contributed by atoms with E-state index in [0.29, 0.717) is 17.7 Å². The normalized spacial score (nSPS) is 11.1. The molecule has 2 heterocycles. The summed E-state index contributed by atoms with van der Waals surface area (Å²) >= 11 is 6.02. The molecule has 7 nitrogen and oxygen atoms in total. The Kier molecular flexibility index (Phi) is 5.43. The number of hydrogen-bond donors (Lipinski definition) is 1. The average Bonchev–Trinajstić information content (AvgIpc) is 3.37. The number of aryl methyl sites for hydroxylation is 1. The lowest BCUT2D eigenvalue weighted by molar-refractivity contribution is 0.618. The van der Waals surface area contributed by atoms with Crippen LogP contribution in [0.1, 0.15) is 31.2 Å². The van der Waals surface area contributed by atoms with Gasteiger partial charge in [0.2, 0.25) is 5.28 Å². The Balaban J connectivity index is 1.58. The second-order valence-electron chi connectivity index (χ2n) is 6.55. The summed E-state index contributed by atoms with van der Waals surface area (Å²) in [7, 11) is 0. The van der Waals surface area contributed by atoms with Crippen molar-refractivity contribution in [2.24, 2.45) is 0 Å². The first-order valence-electron chi connectivity index (χ1n) is 9.26. The van der Waals surface area contributed by atoms with E-state index < -0.39 is 0 Å². The van der Waals surface area contributed by atoms with Crippen LogP contribution in [0.15, 0.2) is 48.5 Å². The number of aromatic amines is 1. The number of halogens is 1. The van der Waals surface area contributed by atoms with Crippen molar-refractivity contribution in [1.82, 2.24) is 35.4 Å². The third-order valence-electron chi connectivity index (χ3n) is 4.60. The van der Waals surface area contributed by atoms with Crippen molar-refractivity contribution in [2.45, 2.75) is 32.7 Å². The van der Waals surface area contributed by atoms with Gasteiger partial charge >= 0.3 is 0 Å².